The first-order chi connectivity index (χ1) is 22.6. The van der Waals surface area contributed by atoms with E-state index in [9.17, 15) is 9.59 Å². The van der Waals surface area contributed by atoms with Crippen molar-refractivity contribution in [3.63, 3.8) is 0 Å². The topological polar surface area (TPSA) is 65.7 Å². The van der Waals surface area contributed by atoms with Crippen LogP contribution in [0.3, 0.4) is 0 Å². The van der Waals surface area contributed by atoms with Gasteiger partial charge in [0, 0.05) is 23.4 Å². The summed E-state index contributed by atoms with van der Waals surface area (Å²) in [6.45, 7) is 12.3. The lowest BCUT2D eigenvalue weighted by molar-refractivity contribution is -0.153. The van der Waals surface area contributed by atoms with E-state index in [4.69, 9.17) is 13.9 Å². The standard InChI is InChI=1S/C42H58O5/c1-26(2)9-8-10-27(3)35-17-18-36-34-15-13-28-23-30(19-21-41(28,4)37(34)20-22-42(35,36)5)46-39(43)25-45-29-14-16-32-31-11-6-7-12-33(31)40(44)47-38(32)24-29/h13-14,16,24,26-27,30,34-37H,6-12,15,17-23,25H2,1-5H3/t27-,30+,34-,35-,36-,37-,41+,42-/m1/s1. The number of hydrogen-bond acceptors (Lipinski definition) is 5. The van der Waals surface area contributed by atoms with Gasteiger partial charge in [-0.3, -0.25) is 0 Å². The van der Waals surface area contributed by atoms with E-state index in [2.05, 4.69) is 40.7 Å². The fourth-order valence-electron chi connectivity index (χ4n) is 11.6. The first-order valence-electron chi connectivity index (χ1n) is 19.2. The number of ether oxygens (including phenoxy) is 2. The number of rotatable bonds is 9. The van der Waals surface area contributed by atoms with Crippen molar-refractivity contribution in [1.82, 2.24) is 0 Å². The third kappa shape index (κ3) is 6.12. The van der Waals surface area contributed by atoms with Gasteiger partial charge in [0.25, 0.3) is 0 Å². The highest BCUT2D eigenvalue weighted by Crippen LogP contribution is 2.67. The molecule has 0 unspecified atom stereocenters. The summed E-state index contributed by atoms with van der Waals surface area (Å²) in [4.78, 5) is 25.5. The molecule has 0 amide bonds. The lowest BCUT2D eigenvalue weighted by Crippen LogP contribution is -2.51. The van der Waals surface area contributed by atoms with Crippen LogP contribution in [0.1, 0.15) is 129 Å². The van der Waals surface area contributed by atoms with E-state index in [0.29, 0.717) is 16.7 Å². The number of benzene rings is 1. The minimum atomic E-state index is -0.326. The molecule has 0 radical (unpaired) electrons. The van der Waals surface area contributed by atoms with Crippen LogP contribution < -0.4 is 10.4 Å². The van der Waals surface area contributed by atoms with Crippen LogP contribution in [0.25, 0.3) is 11.0 Å². The molecule has 8 atom stereocenters. The molecule has 1 aromatic heterocycles. The molecule has 3 saturated carbocycles. The lowest BCUT2D eigenvalue weighted by Gasteiger charge is -2.58. The molecule has 5 aliphatic rings. The second-order valence-corrected chi connectivity index (χ2v) is 17.1. The van der Waals surface area contributed by atoms with Gasteiger partial charge < -0.3 is 13.9 Å². The second-order valence-electron chi connectivity index (χ2n) is 17.1. The zero-order valence-electron chi connectivity index (χ0n) is 29.7. The zero-order chi connectivity index (χ0) is 32.9. The van der Waals surface area contributed by atoms with Crippen LogP contribution in [-0.2, 0) is 22.4 Å². The van der Waals surface area contributed by atoms with Crippen LogP contribution in [0.2, 0.25) is 0 Å². The Labute approximate surface area is 282 Å². The number of esters is 1. The predicted octanol–water partition coefficient (Wildman–Crippen LogP) is 10.0. The highest BCUT2D eigenvalue weighted by atomic mass is 16.6. The van der Waals surface area contributed by atoms with Gasteiger partial charge in [0.05, 0.1) is 0 Å². The average Bonchev–Trinajstić information content (AvgIpc) is 3.41. The summed E-state index contributed by atoms with van der Waals surface area (Å²) in [5.41, 5.74) is 4.49. The number of fused-ring (bicyclic) bond motifs is 8. The largest absolute Gasteiger partial charge is 0.482 e. The molecular formula is C42H58O5. The smallest absolute Gasteiger partial charge is 0.344 e. The zero-order valence-corrected chi connectivity index (χ0v) is 29.7. The van der Waals surface area contributed by atoms with Crippen molar-refractivity contribution >= 4 is 16.9 Å². The Hall–Kier alpha value is -2.56. The molecule has 47 heavy (non-hydrogen) atoms. The Bertz CT molecular complexity index is 1570. The van der Waals surface area contributed by atoms with Gasteiger partial charge in [0.2, 0.25) is 0 Å². The van der Waals surface area contributed by atoms with Gasteiger partial charge in [0.1, 0.15) is 17.4 Å². The minimum Gasteiger partial charge on any atom is -0.482 e. The van der Waals surface area contributed by atoms with Crippen molar-refractivity contribution in [2.45, 2.75) is 137 Å². The monoisotopic (exact) mass is 642 g/mol. The maximum Gasteiger partial charge on any atom is 0.344 e. The second kappa shape index (κ2) is 13.0. The lowest BCUT2D eigenvalue weighted by atomic mass is 9.47. The SMILES string of the molecule is CC(C)CCC[C@@H](C)[C@H]1CC[C@@H]2[C@H]3CC=C4C[C@@H](OC(=O)COc5ccc6c7c(c(=O)oc6c5)CCCC7)CC[C@]4(C)[C@@H]3CC[C@@]21C. The van der Waals surface area contributed by atoms with Gasteiger partial charge in [-0.15, -0.1) is 0 Å². The molecule has 5 aliphatic carbocycles. The summed E-state index contributed by atoms with van der Waals surface area (Å²) >= 11 is 0. The predicted molar refractivity (Wildman–Crippen MR) is 188 cm³/mol. The van der Waals surface area contributed by atoms with Gasteiger partial charge in [-0.2, -0.15) is 0 Å². The average molecular weight is 643 g/mol. The van der Waals surface area contributed by atoms with Crippen LogP contribution >= 0.6 is 0 Å². The molecular weight excluding hydrogens is 584 g/mol. The summed E-state index contributed by atoms with van der Waals surface area (Å²) < 4.78 is 17.5. The maximum absolute atomic E-state index is 13.0. The van der Waals surface area contributed by atoms with E-state index in [0.717, 1.165) is 97.0 Å². The fourth-order valence-corrected chi connectivity index (χ4v) is 11.6. The van der Waals surface area contributed by atoms with Crippen LogP contribution in [0.15, 0.2) is 39.1 Å². The highest BCUT2D eigenvalue weighted by Gasteiger charge is 2.59. The van der Waals surface area contributed by atoms with Crippen molar-refractivity contribution in [2.24, 2.45) is 46.3 Å². The summed E-state index contributed by atoms with van der Waals surface area (Å²) in [6, 6.07) is 5.57. The Kier molecular flexibility index (Phi) is 9.15. The first-order valence-corrected chi connectivity index (χ1v) is 19.2. The molecule has 0 bridgehead atoms. The van der Waals surface area contributed by atoms with Crippen LogP contribution in [0.5, 0.6) is 5.75 Å². The van der Waals surface area contributed by atoms with Crippen molar-refractivity contribution in [2.75, 3.05) is 6.61 Å². The summed E-state index contributed by atoms with van der Waals surface area (Å²) in [5.74, 6) is 5.15. The third-order valence-corrected chi connectivity index (χ3v) is 14.1. The first kappa shape index (κ1) is 33.0. The number of carbonyl (C=O) groups is 1. The Balaban J connectivity index is 0.953. The van der Waals surface area contributed by atoms with E-state index in [-0.39, 0.29) is 29.7 Å². The fraction of sp³-hybridized carbons (Fsp3) is 0.714. The van der Waals surface area contributed by atoms with E-state index in [1.54, 1.807) is 6.07 Å². The summed E-state index contributed by atoms with van der Waals surface area (Å²) in [5, 5.41) is 0.976. The molecule has 5 heteroatoms. The summed E-state index contributed by atoms with van der Waals surface area (Å²) in [7, 11) is 0. The van der Waals surface area contributed by atoms with Crippen molar-refractivity contribution in [1.29, 1.82) is 0 Å². The Morgan fingerprint density at radius 1 is 0.979 bits per heavy atom. The Morgan fingerprint density at radius 3 is 2.60 bits per heavy atom. The van der Waals surface area contributed by atoms with Crippen molar-refractivity contribution in [3.8, 4) is 5.75 Å². The van der Waals surface area contributed by atoms with Gasteiger partial charge in [-0.05, 0) is 135 Å². The molecule has 3 fully saturated rings. The molecule has 0 N–H and O–H groups in total. The molecule has 5 nitrogen and oxygen atoms in total. The third-order valence-electron chi connectivity index (χ3n) is 14.1. The van der Waals surface area contributed by atoms with Crippen molar-refractivity contribution in [3.05, 3.63) is 51.4 Å². The van der Waals surface area contributed by atoms with Crippen LogP contribution in [0.4, 0.5) is 0 Å². The molecule has 0 spiro atoms. The van der Waals surface area contributed by atoms with E-state index < -0.39 is 0 Å². The normalized spacial score (nSPS) is 33.7. The van der Waals surface area contributed by atoms with E-state index >= 15 is 0 Å². The number of hydrogen-bond donors (Lipinski definition) is 0. The van der Waals surface area contributed by atoms with E-state index in [1.807, 2.05) is 12.1 Å². The molecule has 256 valence electrons. The van der Waals surface area contributed by atoms with E-state index in [1.165, 1.54) is 56.9 Å². The summed E-state index contributed by atoms with van der Waals surface area (Å²) in [6.07, 6.45) is 20.1. The van der Waals surface area contributed by atoms with Gasteiger partial charge >= 0.3 is 11.6 Å². The quantitative estimate of drug-likeness (QED) is 0.155. The molecule has 0 aliphatic heterocycles. The minimum absolute atomic E-state index is 0.0838. The van der Waals surface area contributed by atoms with Gasteiger partial charge in [0.15, 0.2) is 6.61 Å². The van der Waals surface area contributed by atoms with Crippen LogP contribution in [-0.4, -0.2) is 18.7 Å². The van der Waals surface area contributed by atoms with Gasteiger partial charge in [-0.1, -0.05) is 65.5 Å². The maximum atomic E-state index is 13.0. The number of aryl methyl sites for hydroxylation is 1. The van der Waals surface area contributed by atoms with Gasteiger partial charge in [-0.25, -0.2) is 9.59 Å². The molecule has 7 rings (SSSR count). The number of allylic oxidation sites excluding steroid dienone is 1. The number of carbonyl (C=O) groups excluding carboxylic acids is 1. The highest BCUT2D eigenvalue weighted by molar-refractivity contribution is 5.83. The molecule has 0 saturated heterocycles. The Morgan fingerprint density at radius 2 is 1.79 bits per heavy atom. The van der Waals surface area contributed by atoms with Crippen LogP contribution in [0, 0.1) is 46.3 Å². The molecule has 2 aromatic rings. The molecule has 1 aromatic carbocycles. The molecule has 1 heterocycles. The van der Waals surface area contributed by atoms with Crippen molar-refractivity contribution < 1.29 is 18.7 Å².